The third-order valence-corrected chi connectivity index (χ3v) is 3.19. The van der Waals surface area contributed by atoms with E-state index >= 15 is 0 Å². The van der Waals surface area contributed by atoms with Crippen LogP contribution in [0, 0.1) is 0 Å². The van der Waals surface area contributed by atoms with Gasteiger partial charge in [0.25, 0.3) is 5.56 Å². The maximum absolute atomic E-state index is 11.9. The van der Waals surface area contributed by atoms with Gasteiger partial charge in [-0.25, -0.2) is 4.68 Å². The molecular weight excluding hydrogens is 294 g/mol. The molecule has 1 aromatic carbocycles. The van der Waals surface area contributed by atoms with Crippen LogP contribution >= 0.6 is 0 Å². The first-order valence-corrected chi connectivity index (χ1v) is 7.27. The third kappa shape index (κ3) is 4.54. The maximum atomic E-state index is 11.9. The van der Waals surface area contributed by atoms with Gasteiger partial charge in [-0.1, -0.05) is 6.08 Å². The van der Waals surface area contributed by atoms with Gasteiger partial charge in [-0.05, 0) is 43.3 Å². The lowest BCUT2D eigenvalue weighted by atomic mass is 10.1. The van der Waals surface area contributed by atoms with Crippen LogP contribution < -0.4 is 15.6 Å². The second-order valence-corrected chi connectivity index (χ2v) is 4.80. The largest absolute Gasteiger partial charge is 0.497 e. The average Bonchev–Trinajstić information content (AvgIpc) is 2.57. The van der Waals surface area contributed by atoms with Crippen LogP contribution in [0.2, 0.25) is 0 Å². The van der Waals surface area contributed by atoms with Crippen LogP contribution in [0.15, 0.2) is 53.3 Å². The molecule has 0 aliphatic rings. The number of amides is 1. The summed E-state index contributed by atoms with van der Waals surface area (Å²) < 4.78 is 6.46. The highest BCUT2D eigenvalue weighted by Crippen LogP contribution is 2.19. The number of allylic oxidation sites excluding steroid dienone is 1. The van der Waals surface area contributed by atoms with Crippen molar-refractivity contribution >= 4 is 5.91 Å². The zero-order valence-electron chi connectivity index (χ0n) is 13.2. The van der Waals surface area contributed by atoms with E-state index in [1.54, 1.807) is 26.2 Å². The van der Waals surface area contributed by atoms with E-state index in [0.717, 1.165) is 11.3 Å². The molecule has 0 spiro atoms. The molecule has 2 rings (SSSR count). The summed E-state index contributed by atoms with van der Waals surface area (Å²) in [4.78, 5) is 23.2. The van der Waals surface area contributed by atoms with Crippen LogP contribution in [0.5, 0.6) is 5.75 Å². The minimum Gasteiger partial charge on any atom is -0.497 e. The van der Waals surface area contributed by atoms with Gasteiger partial charge in [0.15, 0.2) is 0 Å². The van der Waals surface area contributed by atoms with Crippen LogP contribution in [0.4, 0.5) is 0 Å². The van der Waals surface area contributed by atoms with Crippen LogP contribution in [-0.4, -0.2) is 29.3 Å². The number of methoxy groups -OCH3 is 1. The lowest BCUT2D eigenvalue weighted by molar-refractivity contribution is -0.116. The Balaban J connectivity index is 2.11. The predicted molar refractivity (Wildman–Crippen MR) is 88.3 cm³/mol. The van der Waals surface area contributed by atoms with Gasteiger partial charge < -0.3 is 10.1 Å². The zero-order valence-corrected chi connectivity index (χ0v) is 13.2. The lowest BCUT2D eigenvalue weighted by Crippen LogP contribution is -2.31. The minimum atomic E-state index is -0.206. The number of benzene rings is 1. The number of aromatic nitrogens is 2. The molecule has 0 saturated heterocycles. The molecule has 23 heavy (non-hydrogen) atoms. The monoisotopic (exact) mass is 313 g/mol. The molecule has 0 aliphatic carbocycles. The molecule has 0 bridgehead atoms. The predicted octanol–water partition coefficient (Wildman–Crippen LogP) is 1.61. The summed E-state index contributed by atoms with van der Waals surface area (Å²) in [5, 5.41) is 7.03. The molecule has 6 heteroatoms. The Morgan fingerprint density at radius 2 is 2.00 bits per heavy atom. The molecule has 0 unspecified atom stereocenters. The Morgan fingerprint density at radius 1 is 1.26 bits per heavy atom. The summed E-state index contributed by atoms with van der Waals surface area (Å²) in [6, 6.07) is 10.6. The normalized spacial score (nSPS) is 10.7. The molecule has 120 valence electrons. The van der Waals surface area contributed by atoms with Crippen LogP contribution in [-0.2, 0) is 11.3 Å². The highest BCUT2D eigenvalue weighted by atomic mass is 16.5. The Morgan fingerprint density at radius 3 is 2.65 bits per heavy atom. The summed E-state index contributed by atoms with van der Waals surface area (Å²) >= 11 is 0. The smallest absolute Gasteiger partial charge is 0.266 e. The van der Waals surface area contributed by atoms with Crippen molar-refractivity contribution in [2.24, 2.45) is 0 Å². The fourth-order valence-electron chi connectivity index (χ4n) is 2.02. The summed E-state index contributed by atoms with van der Waals surface area (Å²) in [6.45, 7) is 2.41. The molecular formula is C17H19N3O3. The van der Waals surface area contributed by atoms with Crippen molar-refractivity contribution in [3.63, 3.8) is 0 Å². The molecule has 0 radical (unpaired) electrons. The van der Waals surface area contributed by atoms with E-state index in [1.807, 2.05) is 24.3 Å². The first-order valence-electron chi connectivity index (χ1n) is 7.27. The number of carbonyl (C=O) groups excluding carboxylic acids is 1. The average molecular weight is 313 g/mol. The van der Waals surface area contributed by atoms with Gasteiger partial charge in [-0.2, -0.15) is 5.10 Å². The van der Waals surface area contributed by atoms with Crippen molar-refractivity contribution in [3.05, 3.63) is 58.9 Å². The van der Waals surface area contributed by atoms with Crippen LogP contribution in [0.3, 0.4) is 0 Å². The third-order valence-electron chi connectivity index (χ3n) is 3.19. The second kappa shape index (κ2) is 7.93. The van der Waals surface area contributed by atoms with Gasteiger partial charge in [-0.15, -0.1) is 0 Å². The Kier molecular flexibility index (Phi) is 5.68. The molecule has 1 heterocycles. The van der Waals surface area contributed by atoms with Crippen molar-refractivity contribution in [1.29, 1.82) is 0 Å². The molecule has 1 amide bonds. The molecule has 1 aromatic heterocycles. The lowest BCUT2D eigenvalue weighted by Gasteiger charge is -2.08. The molecule has 0 saturated carbocycles. The van der Waals surface area contributed by atoms with Gasteiger partial charge in [0, 0.05) is 18.2 Å². The maximum Gasteiger partial charge on any atom is 0.266 e. The van der Waals surface area contributed by atoms with E-state index < -0.39 is 0 Å². The van der Waals surface area contributed by atoms with E-state index in [9.17, 15) is 9.59 Å². The first-order chi connectivity index (χ1) is 11.1. The number of rotatable bonds is 6. The Hall–Kier alpha value is -2.89. The van der Waals surface area contributed by atoms with E-state index in [4.69, 9.17) is 4.74 Å². The molecule has 0 fully saturated rings. The van der Waals surface area contributed by atoms with E-state index in [-0.39, 0.29) is 11.5 Å². The van der Waals surface area contributed by atoms with Crippen LogP contribution in [0.25, 0.3) is 11.3 Å². The summed E-state index contributed by atoms with van der Waals surface area (Å²) in [5.74, 6) is 0.570. The van der Waals surface area contributed by atoms with Crippen molar-refractivity contribution in [2.45, 2.75) is 13.5 Å². The minimum absolute atomic E-state index is 0.188. The van der Waals surface area contributed by atoms with Crippen LogP contribution in [0.1, 0.15) is 6.92 Å². The Labute approximate surface area is 134 Å². The first kappa shape index (κ1) is 16.5. The summed E-state index contributed by atoms with van der Waals surface area (Å²) in [6.07, 6.45) is 3.09. The van der Waals surface area contributed by atoms with E-state index in [1.165, 1.54) is 16.8 Å². The highest BCUT2D eigenvalue weighted by molar-refractivity contribution is 5.87. The van der Waals surface area contributed by atoms with Crippen molar-refractivity contribution in [1.82, 2.24) is 15.1 Å². The summed E-state index contributed by atoms with van der Waals surface area (Å²) in [7, 11) is 1.61. The standard InChI is InChI=1S/C17H19N3O3/c1-3-4-16(21)18-11-12-20-17(22)10-9-15(19-20)13-5-7-14(23-2)8-6-13/h3-10H,11-12H2,1-2H3,(H,18,21)/b4-3+. The van der Waals surface area contributed by atoms with Gasteiger partial charge in [0.05, 0.1) is 19.3 Å². The van der Waals surface area contributed by atoms with Gasteiger partial charge in [0.1, 0.15) is 5.75 Å². The zero-order chi connectivity index (χ0) is 16.7. The van der Waals surface area contributed by atoms with Crippen molar-refractivity contribution in [2.75, 3.05) is 13.7 Å². The molecule has 1 N–H and O–H groups in total. The number of nitrogens with zero attached hydrogens (tertiary/aromatic N) is 2. The van der Waals surface area contributed by atoms with E-state index in [0.29, 0.717) is 18.8 Å². The number of hydrogen-bond acceptors (Lipinski definition) is 4. The summed E-state index contributed by atoms with van der Waals surface area (Å²) in [5.41, 5.74) is 1.37. The molecule has 6 nitrogen and oxygen atoms in total. The quantitative estimate of drug-likeness (QED) is 0.822. The number of ether oxygens (including phenoxy) is 1. The van der Waals surface area contributed by atoms with Gasteiger partial charge in [-0.3, -0.25) is 9.59 Å². The number of nitrogens with one attached hydrogen (secondary N) is 1. The fourth-order valence-corrected chi connectivity index (χ4v) is 2.02. The molecule has 2 aromatic rings. The molecule has 0 atom stereocenters. The Bertz CT molecular complexity index is 748. The molecule has 0 aliphatic heterocycles. The highest BCUT2D eigenvalue weighted by Gasteiger charge is 2.04. The SMILES string of the molecule is C/C=C/C(=O)NCCn1nc(-c2ccc(OC)cc2)ccc1=O. The van der Waals surface area contributed by atoms with Gasteiger partial charge >= 0.3 is 0 Å². The second-order valence-electron chi connectivity index (χ2n) is 4.80. The topological polar surface area (TPSA) is 73.2 Å². The van der Waals surface area contributed by atoms with Crippen molar-refractivity contribution < 1.29 is 9.53 Å². The van der Waals surface area contributed by atoms with E-state index in [2.05, 4.69) is 10.4 Å². The number of hydrogen-bond donors (Lipinski definition) is 1. The number of carbonyl (C=O) groups is 1. The van der Waals surface area contributed by atoms with Crippen molar-refractivity contribution in [3.8, 4) is 17.0 Å². The fraction of sp³-hybridized carbons (Fsp3) is 0.235. The van der Waals surface area contributed by atoms with Gasteiger partial charge in [0.2, 0.25) is 5.91 Å².